The minimum absolute atomic E-state index is 0.181. The largest absolute Gasteiger partial charge is 0.433 e. The van der Waals surface area contributed by atoms with Gasteiger partial charge < -0.3 is 5.73 Å². The van der Waals surface area contributed by atoms with Crippen molar-refractivity contribution in [2.45, 2.75) is 32.0 Å². The standard InChI is InChI=1S/C9H12F3N3/c1-8(2)5(6(8)13)4-3-14-15-7(4)9(10,11)12/h3,5-6H,13H2,1-2H3,(H,14,15)/t5-,6-/m0/s1. The monoisotopic (exact) mass is 219 g/mol. The number of nitrogens with zero attached hydrogens (tertiary/aromatic N) is 1. The number of aromatic nitrogens is 2. The zero-order valence-corrected chi connectivity index (χ0v) is 8.39. The van der Waals surface area contributed by atoms with Crippen molar-refractivity contribution < 1.29 is 13.2 Å². The minimum Gasteiger partial charge on any atom is -0.327 e. The normalized spacial score (nSPS) is 29.2. The van der Waals surface area contributed by atoms with Crippen LogP contribution in [-0.4, -0.2) is 16.2 Å². The van der Waals surface area contributed by atoms with Crippen LogP contribution in [0.1, 0.15) is 31.0 Å². The maximum Gasteiger partial charge on any atom is 0.433 e. The number of nitrogens with one attached hydrogen (secondary N) is 1. The maximum absolute atomic E-state index is 12.5. The molecule has 2 atom stereocenters. The lowest BCUT2D eigenvalue weighted by atomic mass is 10.0. The molecule has 0 bridgehead atoms. The molecule has 1 heterocycles. The van der Waals surface area contributed by atoms with E-state index in [0.717, 1.165) is 0 Å². The highest BCUT2D eigenvalue weighted by Gasteiger charge is 2.58. The lowest BCUT2D eigenvalue weighted by Crippen LogP contribution is -2.10. The van der Waals surface area contributed by atoms with Crippen LogP contribution in [0, 0.1) is 5.41 Å². The van der Waals surface area contributed by atoms with E-state index in [4.69, 9.17) is 5.73 Å². The Bertz CT molecular complexity index is 380. The molecule has 0 spiro atoms. The Balaban J connectivity index is 2.36. The Morgan fingerprint density at radius 2 is 2.00 bits per heavy atom. The average Bonchev–Trinajstić information content (AvgIpc) is 2.53. The molecule has 0 aliphatic heterocycles. The SMILES string of the molecule is CC1(C)[C@@H](N)[C@@H]1c1cn[nH]c1C(F)(F)F. The zero-order valence-electron chi connectivity index (χ0n) is 8.39. The van der Waals surface area contributed by atoms with E-state index in [1.165, 1.54) is 6.20 Å². The number of hydrogen-bond donors (Lipinski definition) is 2. The third-order valence-corrected chi connectivity index (χ3v) is 3.20. The van der Waals surface area contributed by atoms with Gasteiger partial charge in [0.05, 0.1) is 6.20 Å². The summed E-state index contributed by atoms with van der Waals surface area (Å²) in [4.78, 5) is 0. The Morgan fingerprint density at radius 1 is 1.47 bits per heavy atom. The highest BCUT2D eigenvalue weighted by atomic mass is 19.4. The van der Waals surface area contributed by atoms with E-state index in [1.807, 2.05) is 18.9 Å². The smallest absolute Gasteiger partial charge is 0.327 e. The molecule has 0 radical (unpaired) electrons. The molecule has 6 heteroatoms. The molecule has 1 aromatic rings. The van der Waals surface area contributed by atoms with E-state index >= 15 is 0 Å². The fourth-order valence-corrected chi connectivity index (χ4v) is 2.03. The summed E-state index contributed by atoms with van der Waals surface area (Å²) in [6, 6.07) is -0.226. The summed E-state index contributed by atoms with van der Waals surface area (Å²) in [7, 11) is 0. The molecule has 0 saturated heterocycles. The Labute approximate surface area is 84.8 Å². The molecule has 0 aromatic carbocycles. The molecule has 84 valence electrons. The van der Waals surface area contributed by atoms with Gasteiger partial charge in [-0.2, -0.15) is 18.3 Å². The molecule has 1 aromatic heterocycles. The molecule has 15 heavy (non-hydrogen) atoms. The second-order valence-electron chi connectivity index (χ2n) is 4.52. The lowest BCUT2D eigenvalue weighted by molar-refractivity contribution is -0.141. The molecule has 1 fully saturated rings. The lowest BCUT2D eigenvalue weighted by Gasteiger charge is -2.07. The molecule has 1 saturated carbocycles. The summed E-state index contributed by atoms with van der Waals surface area (Å²) in [6.45, 7) is 3.71. The van der Waals surface area contributed by atoms with Crippen molar-refractivity contribution in [3.8, 4) is 0 Å². The van der Waals surface area contributed by atoms with E-state index in [2.05, 4.69) is 5.10 Å². The summed E-state index contributed by atoms with van der Waals surface area (Å²) in [5.41, 5.74) is 4.88. The van der Waals surface area contributed by atoms with Crippen LogP contribution in [0.25, 0.3) is 0 Å². The first-order valence-electron chi connectivity index (χ1n) is 4.62. The molecule has 0 unspecified atom stereocenters. The molecular weight excluding hydrogens is 207 g/mol. The summed E-state index contributed by atoms with van der Waals surface area (Å²) in [5, 5.41) is 5.44. The van der Waals surface area contributed by atoms with Gasteiger partial charge in [0.1, 0.15) is 5.69 Å². The second kappa shape index (κ2) is 2.75. The number of H-pyrrole nitrogens is 1. The molecule has 3 N–H and O–H groups in total. The van der Waals surface area contributed by atoms with E-state index in [1.54, 1.807) is 0 Å². The number of hydrogen-bond acceptors (Lipinski definition) is 2. The third-order valence-electron chi connectivity index (χ3n) is 3.20. The molecule has 1 aliphatic rings. The highest BCUT2D eigenvalue weighted by molar-refractivity contribution is 5.36. The Morgan fingerprint density at radius 3 is 2.40 bits per heavy atom. The van der Waals surface area contributed by atoms with Crippen molar-refractivity contribution in [2.75, 3.05) is 0 Å². The third kappa shape index (κ3) is 1.43. The van der Waals surface area contributed by atoms with Gasteiger partial charge >= 0.3 is 6.18 Å². The van der Waals surface area contributed by atoms with Crippen molar-refractivity contribution in [3.63, 3.8) is 0 Å². The van der Waals surface area contributed by atoms with Gasteiger partial charge in [-0.1, -0.05) is 13.8 Å². The second-order valence-corrected chi connectivity index (χ2v) is 4.52. The molecule has 2 rings (SSSR count). The van der Waals surface area contributed by atoms with Gasteiger partial charge in [0.2, 0.25) is 0 Å². The minimum atomic E-state index is -4.38. The van der Waals surface area contributed by atoms with Crippen LogP contribution in [0.3, 0.4) is 0 Å². The van der Waals surface area contributed by atoms with Gasteiger partial charge in [0.25, 0.3) is 0 Å². The quantitative estimate of drug-likeness (QED) is 0.757. The van der Waals surface area contributed by atoms with E-state index in [-0.39, 0.29) is 22.9 Å². The molecular formula is C9H12F3N3. The number of rotatable bonds is 1. The topological polar surface area (TPSA) is 54.7 Å². The number of nitrogens with two attached hydrogens (primary N) is 1. The van der Waals surface area contributed by atoms with Crippen molar-refractivity contribution in [3.05, 3.63) is 17.5 Å². The first kappa shape index (κ1) is 10.5. The van der Waals surface area contributed by atoms with Gasteiger partial charge in [0, 0.05) is 17.5 Å². The van der Waals surface area contributed by atoms with Gasteiger partial charge in [-0.3, -0.25) is 5.10 Å². The van der Waals surface area contributed by atoms with Gasteiger partial charge in [-0.05, 0) is 5.41 Å². The van der Waals surface area contributed by atoms with Crippen molar-refractivity contribution in [1.29, 1.82) is 0 Å². The van der Waals surface area contributed by atoms with Gasteiger partial charge in [0.15, 0.2) is 0 Å². The first-order chi connectivity index (χ1) is 6.76. The van der Waals surface area contributed by atoms with Crippen LogP contribution < -0.4 is 5.73 Å². The number of alkyl halides is 3. The first-order valence-corrected chi connectivity index (χ1v) is 4.62. The Kier molecular flexibility index (Phi) is 1.92. The van der Waals surface area contributed by atoms with Crippen molar-refractivity contribution in [1.82, 2.24) is 10.2 Å². The van der Waals surface area contributed by atoms with Crippen LogP contribution in [0.5, 0.6) is 0 Å². The van der Waals surface area contributed by atoms with Crippen LogP contribution in [0.2, 0.25) is 0 Å². The summed E-state index contributed by atoms with van der Waals surface area (Å²) in [6.07, 6.45) is -3.16. The molecule has 3 nitrogen and oxygen atoms in total. The van der Waals surface area contributed by atoms with Crippen LogP contribution in [-0.2, 0) is 6.18 Å². The summed E-state index contributed by atoms with van der Waals surface area (Å²) in [5.74, 6) is -0.257. The Hall–Kier alpha value is -1.04. The molecule has 1 aliphatic carbocycles. The average molecular weight is 219 g/mol. The fourth-order valence-electron chi connectivity index (χ4n) is 2.03. The maximum atomic E-state index is 12.5. The molecule has 0 amide bonds. The van der Waals surface area contributed by atoms with Crippen molar-refractivity contribution >= 4 is 0 Å². The van der Waals surface area contributed by atoms with Crippen molar-refractivity contribution in [2.24, 2.45) is 11.1 Å². The van der Waals surface area contributed by atoms with E-state index in [9.17, 15) is 13.2 Å². The summed E-state index contributed by atoms with van der Waals surface area (Å²) < 4.78 is 37.6. The highest BCUT2D eigenvalue weighted by Crippen LogP contribution is 2.58. The fraction of sp³-hybridized carbons (Fsp3) is 0.667. The predicted octanol–water partition coefficient (Wildman–Crippen LogP) is 1.88. The zero-order chi connectivity index (χ0) is 11.4. The van der Waals surface area contributed by atoms with Crippen LogP contribution >= 0.6 is 0 Å². The van der Waals surface area contributed by atoms with Gasteiger partial charge in [-0.15, -0.1) is 0 Å². The van der Waals surface area contributed by atoms with Crippen LogP contribution in [0.4, 0.5) is 13.2 Å². The number of aromatic amines is 1. The van der Waals surface area contributed by atoms with Crippen LogP contribution in [0.15, 0.2) is 6.20 Å². The van der Waals surface area contributed by atoms with Gasteiger partial charge in [-0.25, -0.2) is 0 Å². The van der Waals surface area contributed by atoms with E-state index in [0.29, 0.717) is 0 Å². The van der Waals surface area contributed by atoms with E-state index < -0.39 is 11.9 Å². The number of halogens is 3. The summed E-state index contributed by atoms with van der Waals surface area (Å²) >= 11 is 0. The predicted molar refractivity (Wildman–Crippen MR) is 48.1 cm³/mol.